The summed E-state index contributed by atoms with van der Waals surface area (Å²) in [4.78, 5) is 3.30. The molecule has 24 heavy (non-hydrogen) atoms. The zero-order valence-electron chi connectivity index (χ0n) is 13.9. The van der Waals surface area contributed by atoms with E-state index in [9.17, 15) is 8.42 Å². The van der Waals surface area contributed by atoms with Crippen LogP contribution in [0.15, 0.2) is 40.6 Å². The van der Waals surface area contributed by atoms with E-state index >= 15 is 0 Å². The SMILES string of the molecule is CCc1ccc(S(=O)(=O)N2CCN(c3cccc(OC)c3)CC2)s1. The molecular formula is C17H22N2O3S2. The molecule has 0 aliphatic carbocycles. The fourth-order valence-corrected chi connectivity index (χ4v) is 5.68. The number of rotatable bonds is 5. The van der Waals surface area contributed by atoms with Crippen LogP contribution in [-0.2, 0) is 16.4 Å². The van der Waals surface area contributed by atoms with E-state index in [-0.39, 0.29) is 0 Å². The summed E-state index contributed by atoms with van der Waals surface area (Å²) in [5.41, 5.74) is 1.07. The molecule has 0 amide bonds. The summed E-state index contributed by atoms with van der Waals surface area (Å²) in [6.07, 6.45) is 0.865. The lowest BCUT2D eigenvalue weighted by Crippen LogP contribution is -2.48. The molecule has 1 fully saturated rings. The number of anilines is 1. The van der Waals surface area contributed by atoms with Crippen LogP contribution >= 0.6 is 11.3 Å². The van der Waals surface area contributed by atoms with Crippen molar-refractivity contribution in [2.24, 2.45) is 0 Å². The minimum absolute atomic E-state index is 0.453. The summed E-state index contributed by atoms with van der Waals surface area (Å²) < 4.78 is 32.8. The predicted octanol–water partition coefficient (Wildman–Crippen LogP) is 2.83. The number of hydrogen-bond donors (Lipinski definition) is 0. The first-order valence-electron chi connectivity index (χ1n) is 8.02. The Morgan fingerprint density at radius 1 is 1.12 bits per heavy atom. The minimum atomic E-state index is -3.37. The molecule has 1 saturated heterocycles. The molecule has 1 aliphatic rings. The van der Waals surface area contributed by atoms with E-state index in [1.54, 1.807) is 17.5 Å². The van der Waals surface area contributed by atoms with Crippen LogP contribution in [-0.4, -0.2) is 46.0 Å². The summed E-state index contributed by atoms with van der Waals surface area (Å²) in [5.74, 6) is 0.813. The van der Waals surface area contributed by atoms with Gasteiger partial charge in [-0.3, -0.25) is 0 Å². The van der Waals surface area contributed by atoms with E-state index in [1.807, 2.05) is 37.3 Å². The van der Waals surface area contributed by atoms with Crippen LogP contribution in [0, 0.1) is 0 Å². The lowest BCUT2D eigenvalue weighted by atomic mass is 10.2. The second kappa shape index (κ2) is 7.13. The Morgan fingerprint density at radius 2 is 1.88 bits per heavy atom. The van der Waals surface area contributed by atoms with Gasteiger partial charge < -0.3 is 9.64 Å². The van der Waals surface area contributed by atoms with Gasteiger partial charge in [-0.15, -0.1) is 11.3 Å². The van der Waals surface area contributed by atoms with E-state index < -0.39 is 10.0 Å². The van der Waals surface area contributed by atoms with Crippen LogP contribution < -0.4 is 9.64 Å². The molecule has 1 aromatic heterocycles. The number of hydrogen-bond acceptors (Lipinski definition) is 5. The van der Waals surface area contributed by atoms with Gasteiger partial charge in [-0.1, -0.05) is 13.0 Å². The number of ether oxygens (including phenoxy) is 1. The van der Waals surface area contributed by atoms with E-state index in [0.717, 1.165) is 22.7 Å². The van der Waals surface area contributed by atoms with Crippen molar-refractivity contribution in [2.45, 2.75) is 17.6 Å². The van der Waals surface area contributed by atoms with Gasteiger partial charge in [-0.2, -0.15) is 4.31 Å². The first kappa shape index (κ1) is 17.3. The van der Waals surface area contributed by atoms with E-state index in [0.29, 0.717) is 30.4 Å². The van der Waals surface area contributed by atoms with Gasteiger partial charge in [-0.05, 0) is 30.7 Å². The Bertz CT molecular complexity index is 794. The van der Waals surface area contributed by atoms with E-state index in [2.05, 4.69) is 4.90 Å². The Labute approximate surface area is 147 Å². The number of nitrogens with zero attached hydrogens (tertiary/aromatic N) is 2. The second-order valence-corrected chi connectivity index (χ2v) is 9.00. The van der Waals surface area contributed by atoms with E-state index in [4.69, 9.17) is 4.74 Å². The van der Waals surface area contributed by atoms with Gasteiger partial charge in [0.05, 0.1) is 7.11 Å². The molecule has 1 aliphatic heterocycles. The van der Waals surface area contributed by atoms with Gasteiger partial charge in [0.25, 0.3) is 10.0 Å². The van der Waals surface area contributed by atoms with Crippen molar-refractivity contribution >= 4 is 27.0 Å². The summed E-state index contributed by atoms with van der Waals surface area (Å²) in [5, 5.41) is 0. The van der Waals surface area contributed by atoms with Crippen molar-refractivity contribution in [3.63, 3.8) is 0 Å². The summed E-state index contributed by atoms with van der Waals surface area (Å²) in [6.45, 7) is 4.39. The third kappa shape index (κ3) is 3.43. The molecule has 0 atom stereocenters. The van der Waals surface area contributed by atoms with Crippen molar-refractivity contribution in [3.8, 4) is 5.75 Å². The second-order valence-electron chi connectivity index (χ2n) is 5.67. The largest absolute Gasteiger partial charge is 0.497 e. The molecule has 0 radical (unpaired) electrons. The monoisotopic (exact) mass is 366 g/mol. The van der Waals surface area contributed by atoms with Crippen molar-refractivity contribution < 1.29 is 13.2 Å². The highest BCUT2D eigenvalue weighted by Gasteiger charge is 2.29. The quantitative estimate of drug-likeness (QED) is 0.816. The maximum Gasteiger partial charge on any atom is 0.252 e. The number of methoxy groups -OCH3 is 1. The number of aryl methyl sites for hydroxylation is 1. The molecule has 130 valence electrons. The molecule has 0 unspecified atom stereocenters. The fraction of sp³-hybridized carbons (Fsp3) is 0.412. The smallest absolute Gasteiger partial charge is 0.252 e. The number of piperazine rings is 1. The third-order valence-electron chi connectivity index (χ3n) is 4.24. The summed E-state index contributed by atoms with van der Waals surface area (Å²) in [7, 11) is -1.72. The van der Waals surface area contributed by atoms with Crippen LogP contribution in [0.5, 0.6) is 5.75 Å². The van der Waals surface area contributed by atoms with Crippen molar-refractivity contribution in [1.29, 1.82) is 0 Å². The van der Waals surface area contributed by atoms with Crippen LogP contribution in [0.2, 0.25) is 0 Å². The molecule has 5 nitrogen and oxygen atoms in total. The fourth-order valence-electron chi connectivity index (χ4n) is 2.81. The molecule has 3 rings (SSSR count). The Balaban J connectivity index is 1.70. The molecule has 2 aromatic rings. The standard InChI is InChI=1S/C17H22N2O3S2/c1-3-16-7-8-17(23-16)24(20,21)19-11-9-18(10-12-19)14-5-4-6-15(13-14)22-2/h4-8,13H,3,9-12H2,1-2H3. The molecule has 7 heteroatoms. The van der Waals surface area contributed by atoms with Gasteiger partial charge in [-0.25, -0.2) is 8.42 Å². The zero-order chi connectivity index (χ0) is 17.2. The van der Waals surface area contributed by atoms with Crippen LogP contribution in [0.4, 0.5) is 5.69 Å². The molecule has 2 heterocycles. The third-order valence-corrected chi connectivity index (χ3v) is 7.83. The number of sulfonamides is 1. The average molecular weight is 367 g/mol. The first-order chi connectivity index (χ1) is 11.5. The van der Waals surface area contributed by atoms with Gasteiger partial charge in [0.15, 0.2) is 0 Å². The highest BCUT2D eigenvalue weighted by molar-refractivity contribution is 7.91. The van der Waals surface area contributed by atoms with Crippen molar-refractivity contribution in [1.82, 2.24) is 4.31 Å². The Kier molecular flexibility index (Phi) is 5.12. The zero-order valence-corrected chi connectivity index (χ0v) is 15.6. The lowest BCUT2D eigenvalue weighted by molar-refractivity contribution is 0.385. The Hall–Kier alpha value is -1.57. The predicted molar refractivity (Wildman–Crippen MR) is 97.7 cm³/mol. The lowest BCUT2D eigenvalue weighted by Gasteiger charge is -2.35. The minimum Gasteiger partial charge on any atom is -0.497 e. The molecule has 1 aromatic carbocycles. The number of thiophene rings is 1. The van der Waals surface area contributed by atoms with Crippen LogP contribution in [0.1, 0.15) is 11.8 Å². The molecular weight excluding hydrogens is 344 g/mol. The molecule has 0 N–H and O–H groups in total. The van der Waals surface area contributed by atoms with Crippen LogP contribution in [0.25, 0.3) is 0 Å². The Morgan fingerprint density at radius 3 is 2.50 bits per heavy atom. The van der Waals surface area contributed by atoms with Crippen LogP contribution in [0.3, 0.4) is 0 Å². The van der Waals surface area contributed by atoms with Gasteiger partial charge >= 0.3 is 0 Å². The van der Waals surface area contributed by atoms with Gasteiger partial charge in [0.1, 0.15) is 9.96 Å². The molecule has 0 spiro atoms. The van der Waals surface area contributed by atoms with Gasteiger partial charge in [0, 0.05) is 42.8 Å². The normalized spacial score (nSPS) is 16.3. The molecule has 0 bridgehead atoms. The highest BCUT2D eigenvalue weighted by atomic mass is 32.2. The van der Waals surface area contributed by atoms with Gasteiger partial charge in [0.2, 0.25) is 0 Å². The highest BCUT2D eigenvalue weighted by Crippen LogP contribution is 2.27. The number of benzene rings is 1. The topological polar surface area (TPSA) is 49.9 Å². The molecule has 0 saturated carbocycles. The summed E-state index contributed by atoms with van der Waals surface area (Å²) >= 11 is 1.38. The van der Waals surface area contributed by atoms with E-state index in [1.165, 1.54) is 11.3 Å². The first-order valence-corrected chi connectivity index (χ1v) is 10.3. The maximum atomic E-state index is 12.8. The maximum absolute atomic E-state index is 12.8. The summed E-state index contributed by atoms with van der Waals surface area (Å²) in [6, 6.07) is 11.5. The average Bonchev–Trinajstić information content (AvgIpc) is 3.12. The van der Waals surface area contributed by atoms with Crippen molar-refractivity contribution in [3.05, 3.63) is 41.3 Å². The van der Waals surface area contributed by atoms with Crippen molar-refractivity contribution in [2.75, 3.05) is 38.2 Å².